The molecule has 0 saturated carbocycles. The van der Waals surface area contributed by atoms with Crippen molar-refractivity contribution < 1.29 is 18.8 Å². The molecule has 0 heterocycles. The van der Waals surface area contributed by atoms with Gasteiger partial charge in [-0.25, -0.2) is 9.38 Å². The van der Waals surface area contributed by atoms with E-state index >= 15 is 0 Å². The summed E-state index contributed by atoms with van der Waals surface area (Å²) >= 11 is 0. The second-order valence-corrected chi connectivity index (χ2v) is 8.18. The van der Waals surface area contributed by atoms with Gasteiger partial charge in [0.1, 0.15) is 5.82 Å². The number of carbonyl (C=O) groups is 3. The molecule has 0 atom stereocenters. The fraction of sp³-hybridized carbons (Fsp3) is 0.0690. The summed E-state index contributed by atoms with van der Waals surface area (Å²) in [6, 6.07) is 17.1. The quantitative estimate of drug-likeness (QED) is 0.189. The number of nitrogens with zero attached hydrogens (tertiary/aromatic N) is 2. The first kappa shape index (κ1) is 28.2. The Morgan fingerprint density at radius 3 is 2.26 bits per heavy atom. The number of carbonyl (C=O) groups excluding carboxylic acids is 3. The summed E-state index contributed by atoms with van der Waals surface area (Å²) in [6.45, 7) is 8.99. The Hall–Kier alpha value is -5.38. The predicted molar refractivity (Wildman–Crippen MR) is 153 cm³/mol. The van der Waals surface area contributed by atoms with Crippen LogP contribution in [0, 0.1) is 12.7 Å². The molecular formula is C29H27FN6O3. The van der Waals surface area contributed by atoms with Crippen molar-refractivity contribution in [2.24, 2.45) is 9.98 Å². The Bertz CT molecular complexity index is 1500. The van der Waals surface area contributed by atoms with Gasteiger partial charge in [0.15, 0.2) is 0 Å². The lowest BCUT2D eigenvalue weighted by Crippen LogP contribution is -2.24. The van der Waals surface area contributed by atoms with Gasteiger partial charge in [-0.2, -0.15) is 0 Å². The molecule has 3 aromatic rings. The van der Waals surface area contributed by atoms with Crippen LogP contribution in [0.25, 0.3) is 0 Å². The summed E-state index contributed by atoms with van der Waals surface area (Å²) in [7, 11) is 1.54. The molecule has 3 aromatic carbocycles. The van der Waals surface area contributed by atoms with Gasteiger partial charge in [0.2, 0.25) is 11.9 Å². The van der Waals surface area contributed by atoms with Gasteiger partial charge in [0.25, 0.3) is 11.8 Å². The Morgan fingerprint density at radius 2 is 1.56 bits per heavy atom. The van der Waals surface area contributed by atoms with Crippen LogP contribution in [-0.2, 0) is 4.79 Å². The largest absolute Gasteiger partial charge is 0.324 e. The number of halogens is 1. The van der Waals surface area contributed by atoms with Crippen molar-refractivity contribution in [2.45, 2.75) is 6.92 Å². The van der Waals surface area contributed by atoms with Crippen molar-refractivity contribution in [2.75, 3.05) is 23.0 Å². The second-order valence-electron chi connectivity index (χ2n) is 8.18. The topological polar surface area (TPSA) is 124 Å². The molecule has 0 bridgehead atoms. The van der Waals surface area contributed by atoms with Crippen LogP contribution in [0.2, 0.25) is 0 Å². The van der Waals surface area contributed by atoms with Crippen molar-refractivity contribution in [3.63, 3.8) is 0 Å². The van der Waals surface area contributed by atoms with E-state index in [2.05, 4.69) is 44.4 Å². The summed E-state index contributed by atoms with van der Waals surface area (Å²) in [5.41, 5.74) is 2.88. The van der Waals surface area contributed by atoms with Crippen LogP contribution in [0.5, 0.6) is 0 Å². The summed E-state index contributed by atoms with van der Waals surface area (Å²) in [6.07, 6.45) is 2.51. The van der Waals surface area contributed by atoms with Crippen LogP contribution in [0.15, 0.2) is 102 Å². The highest BCUT2D eigenvalue weighted by molar-refractivity contribution is 6.07. The van der Waals surface area contributed by atoms with Crippen LogP contribution in [0.4, 0.5) is 21.5 Å². The molecule has 0 spiro atoms. The average Bonchev–Trinajstić information content (AvgIpc) is 2.92. The molecule has 0 radical (unpaired) electrons. The zero-order valence-corrected chi connectivity index (χ0v) is 21.4. The maximum atomic E-state index is 13.4. The molecule has 9 nitrogen and oxygen atoms in total. The highest BCUT2D eigenvalue weighted by Crippen LogP contribution is 2.18. The van der Waals surface area contributed by atoms with Crippen LogP contribution < -0.4 is 21.3 Å². The number of allylic oxidation sites excluding steroid dienone is 1. The first-order valence-corrected chi connectivity index (χ1v) is 11.7. The first-order valence-electron chi connectivity index (χ1n) is 11.7. The molecule has 4 N–H and O–H groups in total. The average molecular weight is 527 g/mol. The maximum Gasteiger partial charge on any atom is 0.256 e. The number of rotatable bonds is 8. The van der Waals surface area contributed by atoms with Gasteiger partial charge in [-0.15, -0.1) is 0 Å². The lowest BCUT2D eigenvalue weighted by atomic mass is 10.1. The third-order valence-corrected chi connectivity index (χ3v) is 5.23. The standard InChI is InChI=1S/C29H27FN6O3/c1-5-26(37)34-22-10-7-11-23(15-22)36-29(31-4)32-17-19(3)33-28(39)25-16-24(13-12-18(25)2)35-27(38)20-8-6-9-21(30)14-20/h5-17H,1,3H2,2,4H3,(H,31,36)(H,33,39)(H,34,37)(H,35,38). The monoisotopic (exact) mass is 526 g/mol. The lowest BCUT2D eigenvalue weighted by molar-refractivity contribution is -0.111. The Kier molecular flexibility index (Phi) is 9.58. The zero-order valence-electron chi connectivity index (χ0n) is 21.4. The minimum atomic E-state index is -0.524. The lowest BCUT2D eigenvalue weighted by Gasteiger charge is -2.11. The SMILES string of the molecule is C=CC(=O)Nc1cccc(NC(N=CC(=C)NC(=O)c2cc(NC(=O)c3cccc(F)c3)ccc2C)=NC)c1. The van der Waals surface area contributed by atoms with Crippen LogP contribution in [0.1, 0.15) is 26.3 Å². The number of nitrogens with one attached hydrogen (secondary N) is 4. The molecule has 0 saturated heterocycles. The number of amides is 3. The van der Waals surface area contributed by atoms with Gasteiger partial charge in [0, 0.05) is 35.2 Å². The van der Waals surface area contributed by atoms with E-state index in [1.54, 1.807) is 43.3 Å². The Morgan fingerprint density at radius 1 is 0.872 bits per heavy atom. The van der Waals surface area contributed by atoms with Gasteiger partial charge < -0.3 is 21.3 Å². The summed E-state index contributed by atoms with van der Waals surface area (Å²) < 4.78 is 13.4. The summed E-state index contributed by atoms with van der Waals surface area (Å²) in [5, 5.41) is 11.0. The smallest absolute Gasteiger partial charge is 0.256 e. The fourth-order valence-corrected chi connectivity index (χ4v) is 3.30. The first-order chi connectivity index (χ1) is 18.7. The maximum absolute atomic E-state index is 13.4. The molecule has 10 heteroatoms. The number of anilines is 3. The normalized spacial score (nSPS) is 11.0. The summed E-state index contributed by atoms with van der Waals surface area (Å²) in [4.78, 5) is 45.2. The van der Waals surface area contributed by atoms with E-state index in [-0.39, 0.29) is 23.1 Å². The van der Waals surface area contributed by atoms with Crippen molar-refractivity contribution in [1.29, 1.82) is 0 Å². The third kappa shape index (κ3) is 8.32. The number of guanidine groups is 1. The highest BCUT2D eigenvalue weighted by Gasteiger charge is 2.13. The van der Waals surface area contributed by atoms with Crippen molar-refractivity contribution in [1.82, 2.24) is 5.32 Å². The highest BCUT2D eigenvalue weighted by atomic mass is 19.1. The summed E-state index contributed by atoms with van der Waals surface area (Å²) in [5.74, 6) is -1.59. The molecular weight excluding hydrogens is 499 g/mol. The number of aryl methyl sites for hydroxylation is 1. The second kappa shape index (κ2) is 13.2. The van der Waals surface area contributed by atoms with E-state index in [4.69, 9.17) is 0 Å². The number of benzene rings is 3. The van der Waals surface area contributed by atoms with Gasteiger partial charge in [-0.05, 0) is 67.1 Å². The third-order valence-electron chi connectivity index (χ3n) is 5.23. The van der Waals surface area contributed by atoms with Gasteiger partial charge in [-0.3, -0.25) is 19.4 Å². The minimum absolute atomic E-state index is 0.154. The van der Waals surface area contributed by atoms with Crippen LogP contribution >= 0.6 is 0 Å². The van der Waals surface area contributed by atoms with Crippen LogP contribution in [-0.4, -0.2) is 36.9 Å². The minimum Gasteiger partial charge on any atom is -0.324 e. The van der Waals surface area contributed by atoms with Gasteiger partial charge in [-0.1, -0.05) is 31.4 Å². The molecule has 3 rings (SSSR count). The molecule has 39 heavy (non-hydrogen) atoms. The van der Waals surface area contributed by atoms with Crippen molar-refractivity contribution in [3.8, 4) is 0 Å². The molecule has 0 aliphatic heterocycles. The molecule has 0 aromatic heterocycles. The molecule has 0 unspecified atom stereocenters. The molecule has 0 aliphatic rings. The van der Waals surface area contributed by atoms with Crippen molar-refractivity contribution in [3.05, 3.63) is 114 Å². The van der Waals surface area contributed by atoms with E-state index in [1.807, 2.05) is 0 Å². The van der Waals surface area contributed by atoms with Crippen molar-refractivity contribution >= 4 is 47.0 Å². The number of aliphatic imine (C=N–C) groups is 2. The molecule has 0 fully saturated rings. The van der Waals surface area contributed by atoms with Crippen LogP contribution in [0.3, 0.4) is 0 Å². The predicted octanol–water partition coefficient (Wildman–Crippen LogP) is 4.92. The number of hydrogen-bond acceptors (Lipinski definition) is 4. The molecule has 198 valence electrons. The Balaban J connectivity index is 1.63. The molecule has 0 aliphatic carbocycles. The molecule has 3 amide bonds. The van der Waals surface area contributed by atoms with E-state index in [0.29, 0.717) is 28.2 Å². The van der Waals surface area contributed by atoms with E-state index in [0.717, 1.165) is 6.07 Å². The van der Waals surface area contributed by atoms with E-state index in [9.17, 15) is 18.8 Å². The van der Waals surface area contributed by atoms with E-state index in [1.165, 1.54) is 43.6 Å². The zero-order chi connectivity index (χ0) is 28.4. The Labute approximate surface area is 225 Å². The fourth-order valence-electron chi connectivity index (χ4n) is 3.30. The van der Waals surface area contributed by atoms with Gasteiger partial charge >= 0.3 is 0 Å². The van der Waals surface area contributed by atoms with E-state index < -0.39 is 17.6 Å². The number of hydrogen-bond donors (Lipinski definition) is 4. The van der Waals surface area contributed by atoms with Gasteiger partial charge in [0.05, 0.1) is 11.9 Å².